The third kappa shape index (κ3) is 3.88. The minimum absolute atomic E-state index is 0.626. The van der Waals surface area contributed by atoms with E-state index in [-0.39, 0.29) is 0 Å². The van der Waals surface area contributed by atoms with Crippen LogP contribution in [0, 0.1) is 3.57 Å². The minimum atomic E-state index is 0.626. The lowest BCUT2D eigenvalue weighted by Gasteiger charge is -2.26. The maximum Gasteiger partial charge on any atom is 0.193 e. The topological polar surface area (TPSA) is 30.9 Å². The van der Waals surface area contributed by atoms with Crippen molar-refractivity contribution >= 4 is 28.6 Å². The molecule has 1 saturated heterocycles. The number of aliphatic imine (C=N–C) groups is 1. The Hall–Kier alpha value is -0.820. The molecule has 0 aromatic heterocycles. The van der Waals surface area contributed by atoms with Gasteiger partial charge >= 0.3 is 0 Å². The monoisotopic (exact) mass is 398 g/mol. The highest BCUT2D eigenvalue weighted by molar-refractivity contribution is 14.1. The summed E-state index contributed by atoms with van der Waals surface area (Å²) in [5, 5.41) is 3.53. The average Bonchev–Trinajstić information content (AvgIpc) is 3.08. The molecule has 2 heterocycles. The van der Waals surface area contributed by atoms with E-state index in [1.54, 1.807) is 0 Å². The molecule has 0 bridgehead atoms. The van der Waals surface area contributed by atoms with E-state index in [1.807, 2.05) is 0 Å². The molecule has 1 N–H and O–H groups in total. The summed E-state index contributed by atoms with van der Waals surface area (Å²) in [6.07, 6.45) is 2.59. The van der Waals surface area contributed by atoms with Gasteiger partial charge in [0.1, 0.15) is 0 Å². The number of nitrogens with zero attached hydrogens (tertiary/aromatic N) is 3. The van der Waals surface area contributed by atoms with Gasteiger partial charge in [-0.25, -0.2) is 0 Å². The van der Waals surface area contributed by atoms with E-state index in [2.05, 4.69) is 74.0 Å². The fourth-order valence-electron chi connectivity index (χ4n) is 3.09. The van der Waals surface area contributed by atoms with E-state index < -0.39 is 0 Å². The second-order valence-corrected chi connectivity index (χ2v) is 7.15. The lowest BCUT2D eigenvalue weighted by molar-refractivity contribution is 0.244. The van der Waals surface area contributed by atoms with Crippen LogP contribution in [-0.4, -0.2) is 55.0 Å². The fraction of sp³-hybridized carbons (Fsp3) is 0.562. The molecule has 1 aromatic carbocycles. The van der Waals surface area contributed by atoms with E-state index in [1.165, 1.54) is 28.5 Å². The van der Waals surface area contributed by atoms with Crippen molar-refractivity contribution < 1.29 is 0 Å². The summed E-state index contributed by atoms with van der Waals surface area (Å²) >= 11 is 2.36. The molecular formula is C16H23IN4. The molecule has 0 amide bonds. The molecule has 114 valence electrons. The van der Waals surface area contributed by atoms with E-state index in [0.29, 0.717) is 6.04 Å². The van der Waals surface area contributed by atoms with Crippen molar-refractivity contribution in [2.24, 2.45) is 4.99 Å². The van der Waals surface area contributed by atoms with Gasteiger partial charge in [0.2, 0.25) is 0 Å². The van der Waals surface area contributed by atoms with Gasteiger partial charge < -0.3 is 10.2 Å². The number of hydrogen-bond acceptors (Lipinski definition) is 4. The van der Waals surface area contributed by atoms with Crippen LogP contribution in [0.3, 0.4) is 0 Å². The molecule has 1 unspecified atom stereocenters. The summed E-state index contributed by atoms with van der Waals surface area (Å²) in [4.78, 5) is 9.32. The number of guanidine groups is 1. The Bertz CT molecular complexity index is 500. The fourth-order valence-corrected chi connectivity index (χ4v) is 3.45. The van der Waals surface area contributed by atoms with Crippen molar-refractivity contribution in [2.45, 2.75) is 25.4 Å². The molecule has 5 heteroatoms. The molecule has 0 aliphatic carbocycles. The van der Waals surface area contributed by atoms with Crippen LogP contribution < -0.4 is 5.32 Å². The van der Waals surface area contributed by atoms with Gasteiger partial charge in [0.25, 0.3) is 0 Å². The number of benzene rings is 1. The largest absolute Gasteiger partial charge is 0.355 e. The van der Waals surface area contributed by atoms with Gasteiger partial charge in [0, 0.05) is 36.3 Å². The first-order chi connectivity index (χ1) is 10.2. The van der Waals surface area contributed by atoms with Gasteiger partial charge in [-0.05, 0) is 59.7 Å². The summed E-state index contributed by atoms with van der Waals surface area (Å²) in [6, 6.07) is 9.52. The molecular weight excluding hydrogens is 375 g/mol. The Kier molecular flexibility index (Phi) is 5.00. The van der Waals surface area contributed by atoms with E-state index in [4.69, 9.17) is 0 Å². The summed E-state index contributed by atoms with van der Waals surface area (Å²) in [5.74, 6) is 1.07. The van der Waals surface area contributed by atoms with Crippen LogP contribution in [-0.2, 0) is 6.54 Å². The summed E-state index contributed by atoms with van der Waals surface area (Å²) in [7, 11) is 2.11. The van der Waals surface area contributed by atoms with Gasteiger partial charge in [-0.3, -0.25) is 9.89 Å². The van der Waals surface area contributed by atoms with Crippen molar-refractivity contribution in [3.8, 4) is 0 Å². The van der Waals surface area contributed by atoms with Crippen LogP contribution in [0.15, 0.2) is 29.3 Å². The second-order valence-electron chi connectivity index (χ2n) is 5.90. The number of nitrogens with one attached hydrogen (secondary N) is 1. The Morgan fingerprint density at radius 1 is 1.29 bits per heavy atom. The predicted octanol–water partition coefficient (Wildman–Crippen LogP) is 2.15. The standard InChI is InChI=1S/C16H23IN4/c1-20-10-8-18-16(20)19-11-15-3-2-9-21(15)12-13-4-6-14(17)7-5-13/h4-7,15H,2-3,8-12H2,1H3,(H,18,19). The lowest BCUT2D eigenvalue weighted by atomic mass is 10.2. The molecule has 0 spiro atoms. The number of likely N-dealkylation sites (N-methyl/N-ethyl adjacent to an activating group) is 1. The Labute approximate surface area is 140 Å². The molecule has 0 radical (unpaired) electrons. The summed E-state index contributed by atoms with van der Waals surface area (Å²) < 4.78 is 1.30. The first kappa shape index (κ1) is 15.1. The maximum atomic E-state index is 4.51. The molecule has 1 aromatic rings. The van der Waals surface area contributed by atoms with E-state index in [0.717, 1.165) is 32.1 Å². The first-order valence-electron chi connectivity index (χ1n) is 7.70. The SMILES string of the molecule is CN1CCN=C1NCC1CCCN1Cc1ccc(I)cc1. The smallest absolute Gasteiger partial charge is 0.193 e. The van der Waals surface area contributed by atoms with E-state index in [9.17, 15) is 0 Å². The Balaban J connectivity index is 1.54. The van der Waals surface area contributed by atoms with Crippen LogP contribution >= 0.6 is 22.6 Å². The normalized spacial score (nSPS) is 22.7. The molecule has 1 fully saturated rings. The third-order valence-electron chi connectivity index (χ3n) is 4.35. The number of halogens is 1. The first-order valence-corrected chi connectivity index (χ1v) is 8.78. The third-order valence-corrected chi connectivity index (χ3v) is 5.07. The molecule has 0 saturated carbocycles. The quantitative estimate of drug-likeness (QED) is 0.789. The number of likely N-dealkylation sites (tertiary alicyclic amines) is 1. The van der Waals surface area contributed by atoms with Gasteiger partial charge in [-0.2, -0.15) is 0 Å². The molecule has 21 heavy (non-hydrogen) atoms. The van der Waals surface area contributed by atoms with Gasteiger partial charge in [0.05, 0.1) is 6.54 Å². The van der Waals surface area contributed by atoms with Gasteiger partial charge in [0.15, 0.2) is 5.96 Å². The molecule has 3 rings (SSSR count). The van der Waals surface area contributed by atoms with Crippen molar-refractivity contribution in [3.05, 3.63) is 33.4 Å². The van der Waals surface area contributed by atoms with Crippen molar-refractivity contribution in [1.29, 1.82) is 0 Å². The molecule has 4 nitrogen and oxygen atoms in total. The molecule has 2 aliphatic heterocycles. The zero-order valence-electron chi connectivity index (χ0n) is 12.6. The number of hydrogen-bond donors (Lipinski definition) is 1. The second kappa shape index (κ2) is 6.96. The van der Waals surface area contributed by atoms with Crippen LogP contribution in [0.5, 0.6) is 0 Å². The molecule has 2 aliphatic rings. The summed E-state index contributed by atoms with van der Waals surface area (Å²) in [6.45, 7) is 5.25. The Morgan fingerprint density at radius 2 is 2.10 bits per heavy atom. The van der Waals surface area contributed by atoms with Crippen molar-refractivity contribution in [3.63, 3.8) is 0 Å². The van der Waals surface area contributed by atoms with Crippen molar-refractivity contribution in [1.82, 2.24) is 15.1 Å². The highest BCUT2D eigenvalue weighted by Gasteiger charge is 2.25. The zero-order valence-corrected chi connectivity index (χ0v) is 14.7. The number of rotatable bonds is 4. The Morgan fingerprint density at radius 3 is 2.81 bits per heavy atom. The maximum absolute atomic E-state index is 4.51. The van der Waals surface area contributed by atoms with Gasteiger partial charge in [-0.15, -0.1) is 0 Å². The minimum Gasteiger partial charge on any atom is -0.355 e. The highest BCUT2D eigenvalue weighted by atomic mass is 127. The van der Waals surface area contributed by atoms with E-state index >= 15 is 0 Å². The van der Waals surface area contributed by atoms with Crippen LogP contribution in [0.4, 0.5) is 0 Å². The molecule has 1 atom stereocenters. The zero-order chi connectivity index (χ0) is 14.7. The van der Waals surface area contributed by atoms with Crippen molar-refractivity contribution in [2.75, 3.05) is 33.2 Å². The lowest BCUT2D eigenvalue weighted by Crippen LogP contribution is -2.43. The van der Waals surface area contributed by atoms with Gasteiger partial charge in [-0.1, -0.05) is 12.1 Å². The predicted molar refractivity (Wildman–Crippen MR) is 95.5 cm³/mol. The van der Waals surface area contributed by atoms with Crippen LogP contribution in [0.25, 0.3) is 0 Å². The summed E-state index contributed by atoms with van der Waals surface area (Å²) in [5.41, 5.74) is 1.41. The van der Waals surface area contributed by atoms with Crippen LogP contribution in [0.2, 0.25) is 0 Å². The van der Waals surface area contributed by atoms with Crippen LogP contribution in [0.1, 0.15) is 18.4 Å². The highest BCUT2D eigenvalue weighted by Crippen LogP contribution is 2.20. The average molecular weight is 398 g/mol.